The molecule has 0 bridgehead atoms. The van der Waals surface area contributed by atoms with Gasteiger partial charge in [-0.05, 0) is 18.2 Å². The van der Waals surface area contributed by atoms with E-state index in [2.05, 4.69) is 10.3 Å². The maximum Gasteiger partial charge on any atom is 0.256 e. The summed E-state index contributed by atoms with van der Waals surface area (Å²) in [6.07, 6.45) is 2.92. The molecule has 1 amide bonds. The van der Waals surface area contributed by atoms with Gasteiger partial charge in [0.1, 0.15) is 11.0 Å². The second-order valence-corrected chi connectivity index (χ2v) is 5.00. The largest absolute Gasteiger partial charge is 0.321 e. The van der Waals surface area contributed by atoms with Crippen LogP contribution in [0.15, 0.2) is 30.5 Å². The number of hydrogen-bond acceptors (Lipinski definition) is 2. The van der Waals surface area contributed by atoms with Crippen molar-refractivity contribution in [2.24, 2.45) is 0 Å². The predicted molar refractivity (Wildman–Crippen MR) is 77.2 cm³/mol. The number of benzene rings is 1. The minimum absolute atomic E-state index is 0.00668. The second kappa shape index (κ2) is 4.89. The zero-order valence-corrected chi connectivity index (χ0v) is 11.5. The third kappa shape index (κ3) is 2.17. The molecule has 0 fully saturated rings. The molecule has 20 heavy (non-hydrogen) atoms. The average Bonchev–Trinajstić information content (AvgIpc) is 2.70. The quantitative estimate of drug-likeness (QED) is 0.638. The highest BCUT2D eigenvalue weighted by Gasteiger charge is 2.25. The fourth-order valence-corrected chi connectivity index (χ4v) is 2.33. The number of anilines is 1. The zero-order valence-electron chi connectivity index (χ0n) is 9.95. The van der Waals surface area contributed by atoms with Gasteiger partial charge in [-0.1, -0.05) is 35.3 Å². The highest BCUT2D eigenvalue weighted by atomic mass is 35.5. The SMILES string of the molecule is O=C1Nc2cc(Cl)ncc2/C1=C\c1cccc(Cl)c1F. The van der Waals surface area contributed by atoms with Crippen molar-refractivity contribution in [3.8, 4) is 0 Å². The number of nitrogens with zero attached hydrogens (tertiary/aromatic N) is 1. The van der Waals surface area contributed by atoms with Crippen LogP contribution in [-0.2, 0) is 4.79 Å². The van der Waals surface area contributed by atoms with Crippen molar-refractivity contribution < 1.29 is 9.18 Å². The van der Waals surface area contributed by atoms with Crippen molar-refractivity contribution in [3.63, 3.8) is 0 Å². The number of rotatable bonds is 1. The number of carbonyl (C=O) groups is 1. The van der Waals surface area contributed by atoms with E-state index in [0.717, 1.165) is 0 Å². The molecule has 0 saturated carbocycles. The molecule has 1 aromatic heterocycles. The van der Waals surface area contributed by atoms with E-state index in [-0.39, 0.29) is 21.6 Å². The van der Waals surface area contributed by atoms with Crippen molar-refractivity contribution >= 4 is 46.4 Å². The Morgan fingerprint density at radius 1 is 1.30 bits per heavy atom. The van der Waals surface area contributed by atoms with Crippen LogP contribution in [0.2, 0.25) is 10.2 Å². The van der Waals surface area contributed by atoms with Crippen molar-refractivity contribution in [1.29, 1.82) is 0 Å². The lowest BCUT2D eigenvalue weighted by Gasteiger charge is -2.01. The van der Waals surface area contributed by atoms with E-state index in [0.29, 0.717) is 16.8 Å². The molecule has 3 rings (SSSR count). The van der Waals surface area contributed by atoms with E-state index in [9.17, 15) is 9.18 Å². The molecule has 0 aliphatic carbocycles. The molecule has 3 nitrogen and oxygen atoms in total. The first kappa shape index (κ1) is 13.1. The second-order valence-electron chi connectivity index (χ2n) is 4.21. The van der Waals surface area contributed by atoms with E-state index >= 15 is 0 Å². The molecule has 2 heterocycles. The standard InChI is InChI=1S/C14H7Cl2FN2O/c15-10-3-1-2-7(13(10)17)4-8-9-6-18-12(16)5-11(9)19-14(8)20/h1-6H,(H,19,20)/b8-4+. The highest BCUT2D eigenvalue weighted by molar-refractivity contribution is 6.36. The summed E-state index contributed by atoms with van der Waals surface area (Å²) in [4.78, 5) is 15.9. The van der Waals surface area contributed by atoms with E-state index in [1.165, 1.54) is 18.3 Å². The molecule has 0 atom stereocenters. The van der Waals surface area contributed by atoms with Gasteiger partial charge in [0, 0.05) is 17.3 Å². The summed E-state index contributed by atoms with van der Waals surface area (Å²) < 4.78 is 13.9. The molecular weight excluding hydrogens is 302 g/mol. The smallest absolute Gasteiger partial charge is 0.256 e. The summed E-state index contributed by atoms with van der Waals surface area (Å²) in [5, 5.41) is 2.94. The van der Waals surface area contributed by atoms with Gasteiger partial charge in [-0.3, -0.25) is 4.79 Å². The minimum atomic E-state index is -0.565. The van der Waals surface area contributed by atoms with Gasteiger partial charge >= 0.3 is 0 Å². The van der Waals surface area contributed by atoms with Gasteiger partial charge in [-0.2, -0.15) is 0 Å². The van der Waals surface area contributed by atoms with Crippen molar-refractivity contribution in [3.05, 3.63) is 57.6 Å². The lowest BCUT2D eigenvalue weighted by molar-refractivity contribution is -0.110. The Morgan fingerprint density at radius 2 is 2.10 bits per heavy atom. The van der Waals surface area contributed by atoms with Gasteiger partial charge in [-0.25, -0.2) is 9.37 Å². The van der Waals surface area contributed by atoms with Crippen molar-refractivity contribution in [2.45, 2.75) is 0 Å². The normalized spacial score (nSPS) is 15.3. The van der Waals surface area contributed by atoms with Gasteiger partial charge in [0.05, 0.1) is 16.3 Å². The van der Waals surface area contributed by atoms with Crippen LogP contribution in [0.1, 0.15) is 11.1 Å². The number of pyridine rings is 1. The fourth-order valence-electron chi connectivity index (χ4n) is 1.99. The predicted octanol–water partition coefficient (Wildman–Crippen LogP) is 4.02. The lowest BCUT2D eigenvalue weighted by atomic mass is 10.1. The summed E-state index contributed by atoms with van der Waals surface area (Å²) in [7, 11) is 0. The zero-order chi connectivity index (χ0) is 14.3. The average molecular weight is 309 g/mol. The van der Waals surface area contributed by atoms with Crippen molar-refractivity contribution in [2.75, 3.05) is 5.32 Å². The van der Waals surface area contributed by atoms with E-state index < -0.39 is 5.82 Å². The third-order valence-corrected chi connectivity index (χ3v) is 3.43. The van der Waals surface area contributed by atoms with Gasteiger partial charge in [-0.15, -0.1) is 0 Å². The van der Waals surface area contributed by atoms with Gasteiger partial charge in [0.15, 0.2) is 0 Å². The van der Waals surface area contributed by atoms with E-state index in [1.807, 2.05) is 0 Å². The molecule has 1 aliphatic heterocycles. The summed E-state index contributed by atoms with van der Waals surface area (Å²) in [6, 6.07) is 6.15. The number of nitrogens with one attached hydrogen (secondary N) is 1. The highest BCUT2D eigenvalue weighted by Crippen LogP contribution is 2.34. The van der Waals surface area contributed by atoms with Crippen LogP contribution in [0.4, 0.5) is 10.1 Å². The summed E-state index contributed by atoms with van der Waals surface area (Å²) in [5.74, 6) is -0.895. The van der Waals surface area contributed by atoms with Crippen molar-refractivity contribution in [1.82, 2.24) is 4.98 Å². The monoisotopic (exact) mass is 308 g/mol. The minimum Gasteiger partial charge on any atom is -0.321 e. The first-order valence-corrected chi connectivity index (χ1v) is 6.45. The van der Waals surface area contributed by atoms with Crippen LogP contribution >= 0.6 is 23.2 Å². The van der Waals surface area contributed by atoms with Gasteiger partial charge in [0.25, 0.3) is 5.91 Å². The van der Waals surface area contributed by atoms with Crippen LogP contribution in [-0.4, -0.2) is 10.9 Å². The Balaban J connectivity index is 2.14. The molecule has 0 radical (unpaired) electrons. The van der Waals surface area contributed by atoms with Crippen LogP contribution in [0.25, 0.3) is 11.6 Å². The Bertz CT molecular complexity index is 759. The number of amides is 1. The number of carbonyl (C=O) groups excluding carboxylic acids is 1. The molecular formula is C14H7Cl2FN2O. The first-order valence-electron chi connectivity index (χ1n) is 5.69. The van der Waals surface area contributed by atoms with Crippen LogP contribution in [0.5, 0.6) is 0 Å². The number of halogens is 3. The number of fused-ring (bicyclic) bond motifs is 1. The maximum absolute atomic E-state index is 13.9. The Labute approximate surface area is 124 Å². The lowest BCUT2D eigenvalue weighted by Crippen LogP contribution is -2.03. The topological polar surface area (TPSA) is 42.0 Å². The molecule has 1 aromatic carbocycles. The Morgan fingerprint density at radius 3 is 2.90 bits per heavy atom. The molecule has 0 spiro atoms. The number of hydrogen-bond donors (Lipinski definition) is 1. The molecule has 1 N–H and O–H groups in total. The molecule has 0 saturated heterocycles. The summed E-state index contributed by atoms with van der Waals surface area (Å²) in [6.45, 7) is 0. The molecule has 1 aliphatic rings. The first-order chi connectivity index (χ1) is 9.56. The molecule has 2 aromatic rings. The van der Waals surface area contributed by atoms with Gasteiger partial charge in [0.2, 0.25) is 0 Å². The maximum atomic E-state index is 13.9. The van der Waals surface area contributed by atoms with Crippen LogP contribution in [0, 0.1) is 5.82 Å². The van der Waals surface area contributed by atoms with Gasteiger partial charge < -0.3 is 5.32 Å². The number of aromatic nitrogens is 1. The molecule has 6 heteroatoms. The summed E-state index contributed by atoms with van der Waals surface area (Å²) >= 11 is 11.5. The van der Waals surface area contributed by atoms with E-state index in [1.54, 1.807) is 18.2 Å². The molecule has 0 unspecified atom stereocenters. The Hall–Kier alpha value is -1.91. The fraction of sp³-hybridized carbons (Fsp3) is 0. The third-order valence-electron chi connectivity index (χ3n) is 2.93. The summed E-state index contributed by atoms with van der Waals surface area (Å²) in [5.41, 5.74) is 1.71. The van der Waals surface area contributed by atoms with Crippen LogP contribution < -0.4 is 5.32 Å². The molecule has 100 valence electrons. The van der Waals surface area contributed by atoms with E-state index in [4.69, 9.17) is 23.2 Å². The Kier molecular flexibility index (Phi) is 3.20. The van der Waals surface area contributed by atoms with Crippen LogP contribution in [0.3, 0.4) is 0 Å².